The summed E-state index contributed by atoms with van der Waals surface area (Å²) in [5.74, 6) is -2.53. The van der Waals surface area contributed by atoms with Gasteiger partial charge in [-0.2, -0.15) is 0 Å². The molecule has 0 unspecified atom stereocenters. The van der Waals surface area contributed by atoms with Crippen LogP contribution in [-0.2, 0) is 33.0 Å². The number of hydrogen-bond donors (Lipinski definition) is 2. The van der Waals surface area contributed by atoms with Crippen LogP contribution in [-0.4, -0.2) is 90.1 Å². The maximum atomic E-state index is 14.0. The number of morpholine rings is 1. The van der Waals surface area contributed by atoms with Gasteiger partial charge in [-0.25, -0.2) is 9.37 Å². The number of halogens is 1. The van der Waals surface area contributed by atoms with E-state index in [0.717, 1.165) is 0 Å². The highest BCUT2D eigenvalue weighted by Crippen LogP contribution is 2.47. The summed E-state index contributed by atoms with van der Waals surface area (Å²) in [4.78, 5) is 61.4. The van der Waals surface area contributed by atoms with Crippen LogP contribution in [0.25, 0.3) is 0 Å². The molecule has 1 aromatic carbocycles. The maximum absolute atomic E-state index is 14.0. The largest absolute Gasteiger partial charge is 0.489 e. The number of carbonyl (C=O) groups excluding carboxylic acids is 3. The lowest BCUT2D eigenvalue weighted by molar-refractivity contribution is -0.145. The minimum Gasteiger partial charge on any atom is -0.489 e. The molecular weight excluding hydrogens is 547 g/mol. The van der Waals surface area contributed by atoms with Crippen LogP contribution in [0.15, 0.2) is 23.0 Å². The van der Waals surface area contributed by atoms with E-state index >= 15 is 0 Å². The van der Waals surface area contributed by atoms with Crippen molar-refractivity contribution in [2.75, 3.05) is 47.5 Å². The molecule has 2 bridgehead atoms. The highest BCUT2D eigenvalue weighted by molar-refractivity contribution is 6.35. The third-order valence-corrected chi connectivity index (χ3v) is 8.77. The summed E-state index contributed by atoms with van der Waals surface area (Å²) in [5.41, 5.74) is -1.19. The van der Waals surface area contributed by atoms with Crippen molar-refractivity contribution in [1.29, 1.82) is 0 Å². The Balaban J connectivity index is 1.57. The SMILES string of the molecule is COc1c(C(=O)NCc2ccc(F)c(C)c2)nc2n(c1=O)CC1(N3CCOCC3)CCC2(NC(=O)C(=O)N(C)C)CC1. The first kappa shape index (κ1) is 29.6. The third kappa shape index (κ3) is 5.26. The fraction of sp³-hybridized carbons (Fsp3) is 0.552. The monoisotopic (exact) mass is 584 g/mol. The first-order valence-electron chi connectivity index (χ1n) is 14.1. The Hall–Kier alpha value is -3.84. The number of fused-ring (bicyclic) bond motifs is 2. The van der Waals surface area contributed by atoms with Crippen LogP contribution in [0.5, 0.6) is 5.75 Å². The van der Waals surface area contributed by atoms with E-state index < -0.39 is 34.4 Å². The molecular formula is C29H37FN6O6. The highest BCUT2D eigenvalue weighted by atomic mass is 19.1. The molecule has 42 heavy (non-hydrogen) atoms. The molecule has 1 saturated heterocycles. The summed E-state index contributed by atoms with van der Waals surface area (Å²) in [7, 11) is 4.29. The molecule has 4 aliphatic rings. The van der Waals surface area contributed by atoms with Gasteiger partial charge in [0.15, 0.2) is 5.69 Å². The third-order valence-electron chi connectivity index (χ3n) is 8.77. The number of ether oxygens (including phenoxy) is 2. The van der Waals surface area contributed by atoms with Crippen LogP contribution < -0.4 is 20.9 Å². The van der Waals surface area contributed by atoms with Gasteiger partial charge >= 0.3 is 11.8 Å². The van der Waals surface area contributed by atoms with Crippen molar-refractivity contribution in [2.45, 2.75) is 56.8 Å². The van der Waals surface area contributed by atoms with E-state index in [-0.39, 0.29) is 29.6 Å². The second kappa shape index (κ2) is 11.4. The number of likely N-dealkylation sites (N-methyl/N-ethyl adjacent to an activating group) is 1. The fourth-order valence-corrected chi connectivity index (χ4v) is 6.40. The molecule has 13 heteroatoms. The zero-order chi connectivity index (χ0) is 30.2. The van der Waals surface area contributed by atoms with Gasteiger partial charge in [0.25, 0.3) is 11.5 Å². The Labute approximate surface area is 243 Å². The summed E-state index contributed by atoms with van der Waals surface area (Å²) in [6, 6.07) is 4.52. The van der Waals surface area contributed by atoms with E-state index in [1.54, 1.807) is 19.1 Å². The van der Waals surface area contributed by atoms with E-state index in [1.807, 2.05) is 0 Å². The van der Waals surface area contributed by atoms with Gasteiger partial charge in [0.05, 0.1) is 25.9 Å². The molecule has 2 N–H and O–H groups in total. The second-order valence-corrected chi connectivity index (χ2v) is 11.5. The normalized spacial score (nSPS) is 23.5. The molecule has 3 aliphatic heterocycles. The smallest absolute Gasteiger partial charge is 0.311 e. The van der Waals surface area contributed by atoms with Crippen LogP contribution in [0.2, 0.25) is 0 Å². The van der Waals surface area contributed by atoms with Gasteiger partial charge in [-0.1, -0.05) is 12.1 Å². The average Bonchev–Trinajstić information content (AvgIpc) is 3.21. The van der Waals surface area contributed by atoms with E-state index in [9.17, 15) is 23.6 Å². The van der Waals surface area contributed by atoms with E-state index in [0.29, 0.717) is 69.7 Å². The van der Waals surface area contributed by atoms with Crippen molar-refractivity contribution in [3.05, 3.63) is 57.0 Å². The second-order valence-electron chi connectivity index (χ2n) is 11.5. The molecule has 1 aliphatic carbocycles. The Morgan fingerprint density at radius 3 is 2.45 bits per heavy atom. The van der Waals surface area contributed by atoms with Crippen molar-refractivity contribution in [3.63, 3.8) is 0 Å². The van der Waals surface area contributed by atoms with Crippen molar-refractivity contribution in [3.8, 4) is 5.75 Å². The van der Waals surface area contributed by atoms with Crippen molar-refractivity contribution in [1.82, 2.24) is 30.0 Å². The molecule has 226 valence electrons. The van der Waals surface area contributed by atoms with E-state index in [4.69, 9.17) is 14.5 Å². The van der Waals surface area contributed by atoms with Gasteiger partial charge in [-0.15, -0.1) is 0 Å². The Kier molecular flexibility index (Phi) is 8.08. The molecule has 2 aromatic rings. The van der Waals surface area contributed by atoms with Crippen molar-refractivity contribution in [2.24, 2.45) is 0 Å². The van der Waals surface area contributed by atoms with Gasteiger partial charge in [0.2, 0.25) is 5.75 Å². The van der Waals surface area contributed by atoms with E-state index in [1.165, 1.54) is 36.7 Å². The lowest BCUT2D eigenvalue weighted by Crippen LogP contribution is -2.59. The number of hydrogen-bond acceptors (Lipinski definition) is 8. The molecule has 4 heterocycles. The lowest BCUT2D eigenvalue weighted by Gasteiger charge is -2.49. The lowest BCUT2D eigenvalue weighted by atomic mass is 9.72. The quantitative estimate of drug-likeness (QED) is 0.474. The van der Waals surface area contributed by atoms with Crippen LogP contribution in [0, 0.1) is 12.7 Å². The van der Waals surface area contributed by atoms with Crippen LogP contribution in [0.3, 0.4) is 0 Å². The fourth-order valence-electron chi connectivity index (χ4n) is 6.40. The molecule has 2 fully saturated rings. The molecule has 3 amide bonds. The number of nitrogens with one attached hydrogen (secondary N) is 2. The number of aryl methyl sites for hydroxylation is 1. The minimum atomic E-state index is -1.15. The van der Waals surface area contributed by atoms with Gasteiger partial charge in [0.1, 0.15) is 11.6 Å². The molecule has 12 nitrogen and oxygen atoms in total. The van der Waals surface area contributed by atoms with Gasteiger partial charge in [0, 0.05) is 45.8 Å². The standard InChI is InChI=1S/C29H37FN6O6/c1-18-15-19(5-6-20(18)30)16-31-23(37)21-22(41-4)25(39)36-17-28(35-11-13-42-14-12-35)7-9-29(10-8-28,27(36)32-21)33-24(38)26(40)34(2)3/h5-6,15H,7-14,16-17H2,1-4H3,(H,31,37)(H,33,38). The van der Waals surface area contributed by atoms with Crippen LogP contribution in [0.1, 0.15) is 53.1 Å². The Morgan fingerprint density at radius 1 is 1.14 bits per heavy atom. The summed E-state index contributed by atoms with van der Waals surface area (Å²) in [6.45, 7) is 4.57. The molecule has 0 atom stereocenters. The van der Waals surface area contributed by atoms with Gasteiger partial charge in [-0.05, 0) is 49.8 Å². The van der Waals surface area contributed by atoms with Crippen LogP contribution >= 0.6 is 0 Å². The number of nitrogens with zero attached hydrogens (tertiary/aromatic N) is 4. The zero-order valence-corrected chi connectivity index (χ0v) is 24.4. The number of benzene rings is 1. The maximum Gasteiger partial charge on any atom is 0.311 e. The van der Waals surface area contributed by atoms with Crippen LogP contribution in [0.4, 0.5) is 4.39 Å². The Morgan fingerprint density at radius 2 is 1.83 bits per heavy atom. The first-order valence-corrected chi connectivity index (χ1v) is 14.1. The summed E-state index contributed by atoms with van der Waals surface area (Å²) in [5, 5.41) is 5.67. The minimum absolute atomic E-state index is 0.0720. The number of rotatable bonds is 6. The predicted octanol–water partition coefficient (Wildman–Crippen LogP) is 0.688. The topological polar surface area (TPSA) is 135 Å². The highest BCUT2D eigenvalue weighted by Gasteiger charge is 2.54. The zero-order valence-electron chi connectivity index (χ0n) is 24.4. The number of methoxy groups -OCH3 is 1. The van der Waals surface area contributed by atoms with Gasteiger partial charge < -0.3 is 25.0 Å². The number of aromatic nitrogens is 2. The molecule has 0 spiro atoms. The molecule has 6 rings (SSSR count). The molecule has 0 radical (unpaired) electrons. The van der Waals surface area contributed by atoms with Crippen molar-refractivity contribution < 1.29 is 28.2 Å². The average molecular weight is 585 g/mol. The summed E-state index contributed by atoms with van der Waals surface area (Å²) >= 11 is 0. The Bertz CT molecular complexity index is 1460. The summed E-state index contributed by atoms with van der Waals surface area (Å²) < 4.78 is 26.3. The summed E-state index contributed by atoms with van der Waals surface area (Å²) in [6.07, 6.45) is 2.12. The number of amides is 3. The molecule has 1 aromatic heterocycles. The first-order chi connectivity index (χ1) is 20.0. The van der Waals surface area contributed by atoms with Crippen molar-refractivity contribution >= 4 is 17.7 Å². The molecule has 1 saturated carbocycles. The predicted molar refractivity (Wildman–Crippen MR) is 149 cm³/mol. The van der Waals surface area contributed by atoms with Gasteiger partial charge in [-0.3, -0.25) is 28.6 Å². The number of carbonyl (C=O) groups is 3. The van der Waals surface area contributed by atoms with E-state index in [2.05, 4.69) is 15.5 Å².